The van der Waals surface area contributed by atoms with Gasteiger partial charge < -0.3 is 10.2 Å². The first-order valence-corrected chi connectivity index (χ1v) is 9.30. The molecular weight excluding hydrogens is 316 g/mol. The van der Waals surface area contributed by atoms with E-state index < -0.39 is 0 Å². The Bertz CT molecular complexity index is 744. The molecule has 0 fully saturated rings. The van der Waals surface area contributed by atoms with E-state index in [0.29, 0.717) is 11.8 Å². The number of rotatable bonds is 3. The zero-order valence-corrected chi connectivity index (χ0v) is 15.3. The summed E-state index contributed by atoms with van der Waals surface area (Å²) in [6.07, 6.45) is 1.01. The van der Waals surface area contributed by atoms with E-state index in [4.69, 9.17) is 0 Å². The number of amides is 1. The van der Waals surface area contributed by atoms with Crippen molar-refractivity contribution in [3.05, 3.63) is 53.6 Å². The fraction of sp³-hybridized carbons (Fsp3) is 0.350. The highest BCUT2D eigenvalue weighted by atomic mass is 32.2. The molecule has 0 aromatic heterocycles. The molecule has 0 radical (unpaired) electrons. The van der Waals surface area contributed by atoms with Gasteiger partial charge in [0.15, 0.2) is 0 Å². The molecule has 1 atom stereocenters. The maximum absolute atomic E-state index is 12.8. The molecule has 0 saturated heterocycles. The highest BCUT2D eigenvalue weighted by molar-refractivity contribution is 8.00. The van der Waals surface area contributed by atoms with Crippen LogP contribution in [0.15, 0.2) is 47.4 Å². The van der Waals surface area contributed by atoms with Gasteiger partial charge in [0.05, 0.1) is 12.2 Å². The van der Waals surface area contributed by atoms with Crippen molar-refractivity contribution in [3.63, 3.8) is 0 Å². The highest BCUT2D eigenvalue weighted by Crippen LogP contribution is 2.37. The van der Waals surface area contributed by atoms with Gasteiger partial charge in [0.1, 0.15) is 0 Å². The second-order valence-electron chi connectivity index (χ2n) is 6.40. The van der Waals surface area contributed by atoms with E-state index in [1.165, 1.54) is 16.0 Å². The SMILES string of the molecule is Cc1ccc(NCC(=O)N2CCC(C)Sc3ccccc32)c(C)c1. The van der Waals surface area contributed by atoms with Crippen LogP contribution in [0.1, 0.15) is 24.5 Å². The topological polar surface area (TPSA) is 32.3 Å². The van der Waals surface area contributed by atoms with Crippen LogP contribution in [-0.4, -0.2) is 24.2 Å². The van der Waals surface area contributed by atoms with Crippen LogP contribution >= 0.6 is 11.8 Å². The summed E-state index contributed by atoms with van der Waals surface area (Å²) >= 11 is 1.86. The van der Waals surface area contributed by atoms with Gasteiger partial charge in [-0.3, -0.25) is 4.79 Å². The van der Waals surface area contributed by atoms with Crippen molar-refractivity contribution in [1.29, 1.82) is 0 Å². The number of para-hydroxylation sites is 1. The summed E-state index contributed by atoms with van der Waals surface area (Å²) in [5.41, 5.74) is 4.47. The van der Waals surface area contributed by atoms with Gasteiger partial charge >= 0.3 is 0 Å². The molecule has 1 aliphatic rings. The molecule has 126 valence electrons. The lowest BCUT2D eigenvalue weighted by molar-refractivity contribution is -0.117. The summed E-state index contributed by atoms with van der Waals surface area (Å²) in [7, 11) is 0. The third kappa shape index (κ3) is 3.75. The fourth-order valence-corrected chi connectivity index (χ4v) is 4.14. The Balaban J connectivity index is 1.75. The Hall–Kier alpha value is -1.94. The van der Waals surface area contributed by atoms with E-state index in [0.717, 1.165) is 24.3 Å². The van der Waals surface area contributed by atoms with Crippen LogP contribution in [0.25, 0.3) is 0 Å². The Labute approximate surface area is 148 Å². The molecule has 1 unspecified atom stereocenters. The number of nitrogens with one attached hydrogen (secondary N) is 1. The normalized spacial score (nSPS) is 17.1. The summed E-state index contributed by atoms with van der Waals surface area (Å²) in [6.45, 7) is 7.47. The van der Waals surface area contributed by atoms with E-state index in [1.807, 2.05) is 34.9 Å². The summed E-state index contributed by atoms with van der Waals surface area (Å²) in [5.74, 6) is 0.122. The van der Waals surface area contributed by atoms with Crippen LogP contribution in [0.4, 0.5) is 11.4 Å². The van der Waals surface area contributed by atoms with Crippen molar-refractivity contribution in [2.75, 3.05) is 23.3 Å². The van der Waals surface area contributed by atoms with Gasteiger partial charge in [0.2, 0.25) is 5.91 Å². The average molecular weight is 340 g/mol. The van der Waals surface area contributed by atoms with Gasteiger partial charge in [0, 0.05) is 22.4 Å². The first-order chi connectivity index (χ1) is 11.5. The van der Waals surface area contributed by atoms with Crippen LogP contribution in [0, 0.1) is 13.8 Å². The zero-order valence-electron chi connectivity index (χ0n) is 14.5. The lowest BCUT2D eigenvalue weighted by atomic mass is 10.1. The summed E-state index contributed by atoms with van der Waals surface area (Å²) in [4.78, 5) is 16.0. The van der Waals surface area contributed by atoms with Crippen molar-refractivity contribution in [3.8, 4) is 0 Å². The van der Waals surface area contributed by atoms with Crippen molar-refractivity contribution < 1.29 is 4.79 Å². The maximum atomic E-state index is 12.8. The lowest BCUT2D eigenvalue weighted by Gasteiger charge is -2.23. The number of carbonyl (C=O) groups is 1. The monoisotopic (exact) mass is 340 g/mol. The zero-order chi connectivity index (χ0) is 17.1. The number of hydrogen-bond acceptors (Lipinski definition) is 3. The van der Waals surface area contributed by atoms with E-state index in [1.54, 1.807) is 0 Å². The Morgan fingerprint density at radius 3 is 2.83 bits per heavy atom. The summed E-state index contributed by atoms with van der Waals surface area (Å²) in [6, 6.07) is 14.5. The van der Waals surface area contributed by atoms with Gasteiger partial charge in [-0.2, -0.15) is 0 Å². The number of fused-ring (bicyclic) bond motifs is 1. The standard InChI is InChI=1S/C20H24N2OS/c1-14-8-9-17(15(2)12-14)21-13-20(23)22-11-10-16(3)24-19-7-5-4-6-18(19)22/h4-9,12,16,21H,10-11,13H2,1-3H3. The van der Waals surface area contributed by atoms with Gasteiger partial charge in [0.25, 0.3) is 0 Å². The van der Waals surface area contributed by atoms with Crippen molar-refractivity contribution >= 4 is 29.0 Å². The minimum Gasteiger partial charge on any atom is -0.376 e. The molecule has 4 heteroatoms. The number of nitrogens with zero attached hydrogens (tertiary/aromatic N) is 1. The highest BCUT2D eigenvalue weighted by Gasteiger charge is 2.23. The molecule has 1 amide bonds. The molecule has 24 heavy (non-hydrogen) atoms. The third-order valence-corrected chi connectivity index (χ3v) is 5.59. The largest absolute Gasteiger partial charge is 0.376 e. The number of aryl methyl sites for hydroxylation is 2. The molecule has 0 spiro atoms. The third-order valence-electron chi connectivity index (χ3n) is 4.36. The van der Waals surface area contributed by atoms with Gasteiger partial charge in [-0.25, -0.2) is 0 Å². The second kappa shape index (κ2) is 7.31. The van der Waals surface area contributed by atoms with E-state index in [2.05, 4.69) is 50.4 Å². The molecule has 1 N–H and O–H groups in total. The molecular formula is C20H24N2OS. The maximum Gasteiger partial charge on any atom is 0.246 e. The quantitative estimate of drug-likeness (QED) is 0.884. The van der Waals surface area contributed by atoms with E-state index in [-0.39, 0.29) is 5.91 Å². The van der Waals surface area contributed by atoms with E-state index in [9.17, 15) is 4.79 Å². The second-order valence-corrected chi connectivity index (χ2v) is 7.88. The molecule has 2 aromatic rings. The van der Waals surface area contributed by atoms with E-state index >= 15 is 0 Å². The number of carbonyl (C=O) groups excluding carboxylic acids is 1. The average Bonchev–Trinajstić information content (AvgIpc) is 2.72. The number of thioether (sulfide) groups is 1. The van der Waals surface area contributed by atoms with Crippen LogP contribution < -0.4 is 10.2 Å². The van der Waals surface area contributed by atoms with Crippen molar-refractivity contribution in [2.45, 2.75) is 37.3 Å². The number of hydrogen-bond donors (Lipinski definition) is 1. The number of benzene rings is 2. The van der Waals surface area contributed by atoms with Gasteiger partial charge in [-0.1, -0.05) is 36.8 Å². The predicted molar refractivity (Wildman–Crippen MR) is 103 cm³/mol. The predicted octanol–water partition coefficient (Wildman–Crippen LogP) is 4.63. The molecule has 0 aliphatic carbocycles. The molecule has 1 aliphatic heterocycles. The first-order valence-electron chi connectivity index (χ1n) is 8.42. The fourth-order valence-electron chi connectivity index (χ4n) is 3.02. The Morgan fingerprint density at radius 1 is 1.25 bits per heavy atom. The smallest absolute Gasteiger partial charge is 0.246 e. The molecule has 2 aromatic carbocycles. The molecule has 3 nitrogen and oxygen atoms in total. The van der Waals surface area contributed by atoms with Crippen LogP contribution in [0.3, 0.4) is 0 Å². The van der Waals surface area contributed by atoms with Crippen LogP contribution in [0.2, 0.25) is 0 Å². The van der Waals surface area contributed by atoms with Crippen LogP contribution in [-0.2, 0) is 4.79 Å². The Morgan fingerprint density at radius 2 is 2.04 bits per heavy atom. The molecule has 0 saturated carbocycles. The van der Waals surface area contributed by atoms with Crippen LogP contribution in [0.5, 0.6) is 0 Å². The minimum atomic E-state index is 0.122. The van der Waals surface area contributed by atoms with Crippen molar-refractivity contribution in [2.24, 2.45) is 0 Å². The summed E-state index contributed by atoms with van der Waals surface area (Å²) in [5, 5.41) is 3.83. The van der Waals surface area contributed by atoms with Gasteiger partial charge in [-0.15, -0.1) is 11.8 Å². The Kier molecular flexibility index (Phi) is 5.14. The molecule has 3 rings (SSSR count). The summed E-state index contributed by atoms with van der Waals surface area (Å²) < 4.78 is 0. The molecule has 0 bridgehead atoms. The molecule has 1 heterocycles. The van der Waals surface area contributed by atoms with Crippen molar-refractivity contribution in [1.82, 2.24) is 0 Å². The number of anilines is 2. The van der Waals surface area contributed by atoms with Gasteiger partial charge in [-0.05, 0) is 44.0 Å². The lowest BCUT2D eigenvalue weighted by Crippen LogP contribution is -2.36. The minimum absolute atomic E-state index is 0.122. The first kappa shape index (κ1) is 16.9.